The van der Waals surface area contributed by atoms with Gasteiger partial charge in [-0.1, -0.05) is 30.1 Å². The molecular formula is C10H11Cl2NO. The van der Waals surface area contributed by atoms with Crippen molar-refractivity contribution in [2.24, 2.45) is 0 Å². The number of hydrogen-bond acceptors (Lipinski definition) is 2. The number of rotatable bonds is 3. The fraction of sp³-hybridized carbons (Fsp3) is 0.300. The number of carbonyl (C=O) groups is 1. The van der Waals surface area contributed by atoms with E-state index in [1.54, 1.807) is 12.1 Å². The molecule has 2 nitrogen and oxygen atoms in total. The summed E-state index contributed by atoms with van der Waals surface area (Å²) in [4.78, 5) is 11.6. The summed E-state index contributed by atoms with van der Waals surface area (Å²) in [6.07, 6.45) is 1.20. The van der Waals surface area contributed by atoms with E-state index in [1.165, 1.54) is 0 Å². The largest absolute Gasteiger partial charge is 0.398 e. The highest BCUT2D eigenvalue weighted by atomic mass is 35.5. The van der Waals surface area contributed by atoms with Gasteiger partial charge in [-0.25, -0.2) is 0 Å². The Bertz CT molecular complexity index is 363. The van der Waals surface area contributed by atoms with Gasteiger partial charge >= 0.3 is 0 Å². The molecule has 76 valence electrons. The standard InChI is InChI=1S/C10H11Cl2NO/c1-2-3-8(14)9-6(11)4-5-7(13)10(9)12/h4-5H,2-3,13H2,1H3. The van der Waals surface area contributed by atoms with Gasteiger partial charge in [0.15, 0.2) is 5.78 Å². The van der Waals surface area contributed by atoms with Gasteiger partial charge in [-0.3, -0.25) is 4.79 Å². The van der Waals surface area contributed by atoms with Crippen molar-refractivity contribution in [2.45, 2.75) is 19.8 Å². The van der Waals surface area contributed by atoms with Crippen molar-refractivity contribution < 1.29 is 4.79 Å². The Balaban J connectivity index is 3.18. The highest BCUT2D eigenvalue weighted by Crippen LogP contribution is 2.30. The van der Waals surface area contributed by atoms with E-state index in [1.807, 2.05) is 6.92 Å². The van der Waals surface area contributed by atoms with Crippen LogP contribution in [-0.2, 0) is 0 Å². The molecule has 0 atom stereocenters. The van der Waals surface area contributed by atoms with Crippen molar-refractivity contribution in [3.63, 3.8) is 0 Å². The summed E-state index contributed by atoms with van der Waals surface area (Å²) >= 11 is 11.8. The highest BCUT2D eigenvalue weighted by molar-refractivity contribution is 6.41. The molecule has 0 unspecified atom stereocenters. The number of hydrogen-bond donors (Lipinski definition) is 1. The predicted molar refractivity (Wildman–Crippen MR) is 60.1 cm³/mol. The average molecular weight is 232 g/mol. The minimum Gasteiger partial charge on any atom is -0.398 e. The lowest BCUT2D eigenvalue weighted by Crippen LogP contribution is -2.02. The number of nitrogens with two attached hydrogens (primary N) is 1. The number of halogens is 2. The fourth-order valence-electron chi connectivity index (χ4n) is 1.18. The average Bonchev–Trinajstić information content (AvgIpc) is 2.13. The third-order valence-corrected chi connectivity index (χ3v) is 2.60. The van der Waals surface area contributed by atoms with Gasteiger partial charge in [0.05, 0.1) is 21.3 Å². The zero-order chi connectivity index (χ0) is 10.7. The second-order valence-corrected chi connectivity index (χ2v) is 3.78. The van der Waals surface area contributed by atoms with E-state index in [-0.39, 0.29) is 10.8 Å². The molecule has 14 heavy (non-hydrogen) atoms. The summed E-state index contributed by atoms with van der Waals surface area (Å²) < 4.78 is 0. The van der Waals surface area contributed by atoms with Crippen LogP contribution in [0.5, 0.6) is 0 Å². The van der Waals surface area contributed by atoms with Crippen molar-refractivity contribution in [3.8, 4) is 0 Å². The molecule has 0 saturated heterocycles. The van der Waals surface area contributed by atoms with Gasteiger partial charge < -0.3 is 5.73 Å². The van der Waals surface area contributed by atoms with Crippen LogP contribution in [0.4, 0.5) is 5.69 Å². The normalized spacial score (nSPS) is 10.2. The van der Waals surface area contributed by atoms with Crippen LogP contribution in [0.2, 0.25) is 10.0 Å². The third kappa shape index (κ3) is 2.20. The molecule has 1 aromatic carbocycles. The van der Waals surface area contributed by atoms with Crippen molar-refractivity contribution in [3.05, 3.63) is 27.7 Å². The number of anilines is 1. The van der Waals surface area contributed by atoms with Crippen LogP contribution in [-0.4, -0.2) is 5.78 Å². The first-order valence-electron chi connectivity index (χ1n) is 4.34. The predicted octanol–water partition coefficient (Wildman–Crippen LogP) is 3.56. The second kappa shape index (κ2) is 4.67. The molecule has 0 aliphatic heterocycles. The Hall–Kier alpha value is -0.730. The lowest BCUT2D eigenvalue weighted by atomic mass is 10.1. The summed E-state index contributed by atoms with van der Waals surface area (Å²) in [5.74, 6) is -0.0604. The molecule has 0 aliphatic carbocycles. The minimum absolute atomic E-state index is 0.0604. The lowest BCUT2D eigenvalue weighted by molar-refractivity contribution is 0.0982. The molecule has 0 saturated carbocycles. The molecule has 0 amide bonds. The number of benzene rings is 1. The Kier molecular flexibility index (Phi) is 3.78. The summed E-state index contributed by atoms with van der Waals surface area (Å²) in [7, 11) is 0. The van der Waals surface area contributed by atoms with E-state index >= 15 is 0 Å². The Morgan fingerprint density at radius 1 is 1.43 bits per heavy atom. The topological polar surface area (TPSA) is 43.1 Å². The zero-order valence-corrected chi connectivity index (χ0v) is 9.32. The van der Waals surface area contributed by atoms with Gasteiger partial charge in [-0.2, -0.15) is 0 Å². The number of Topliss-reactive ketones (excluding diaryl/α,β-unsaturated/α-hetero) is 1. The highest BCUT2D eigenvalue weighted by Gasteiger charge is 2.15. The van der Waals surface area contributed by atoms with Crippen LogP contribution in [0.15, 0.2) is 12.1 Å². The van der Waals surface area contributed by atoms with Crippen LogP contribution < -0.4 is 5.73 Å². The summed E-state index contributed by atoms with van der Waals surface area (Å²) in [5, 5.41) is 0.624. The first-order chi connectivity index (χ1) is 6.57. The fourth-order valence-corrected chi connectivity index (χ4v) is 1.76. The number of nitrogen functional groups attached to an aromatic ring is 1. The zero-order valence-electron chi connectivity index (χ0n) is 7.81. The van der Waals surface area contributed by atoms with E-state index in [9.17, 15) is 4.79 Å². The molecule has 1 rings (SSSR count). The second-order valence-electron chi connectivity index (χ2n) is 3.00. The van der Waals surface area contributed by atoms with E-state index in [4.69, 9.17) is 28.9 Å². The van der Waals surface area contributed by atoms with Crippen molar-refractivity contribution in [1.29, 1.82) is 0 Å². The van der Waals surface area contributed by atoms with E-state index in [0.717, 1.165) is 6.42 Å². The molecule has 0 spiro atoms. The van der Waals surface area contributed by atoms with Crippen LogP contribution in [0.1, 0.15) is 30.1 Å². The van der Waals surface area contributed by atoms with Gasteiger partial charge in [0.2, 0.25) is 0 Å². The monoisotopic (exact) mass is 231 g/mol. The lowest BCUT2D eigenvalue weighted by Gasteiger charge is -2.07. The van der Waals surface area contributed by atoms with Crippen molar-refractivity contribution in [1.82, 2.24) is 0 Å². The number of carbonyl (C=O) groups excluding carboxylic acids is 1. The molecule has 0 bridgehead atoms. The van der Waals surface area contributed by atoms with Crippen LogP contribution in [0.25, 0.3) is 0 Å². The van der Waals surface area contributed by atoms with Gasteiger partial charge in [0, 0.05) is 6.42 Å². The van der Waals surface area contributed by atoms with Crippen LogP contribution in [0, 0.1) is 0 Å². The Morgan fingerprint density at radius 2 is 2.07 bits per heavy atom. The molecule has 0 aliphatic rings. The SMILES string of the molecule is CCCC(=O)c1c(Cl)ccc(N)c1Cl. The maximum absolute atomic E-state index is 11.6. The molecule has 2 N–H and O–H groups in total. The summed E-state index contributed by atoms with van der Waals surface area (Å²) in [6, 6.07) is 3.18. The minimum atomic E-state index is -0.0604. The van der Waals surface area contributed by atoms with Gasteiger partial charge in [-0.05, 0) is 18.6 Å². The molecule has 0 heterocycles. The molecule has 0 radical (unpaired) electrons. The van der Waals surface area contributed by atoms with Crippen molar-refractivity contribution >= 4 is 34.7 Å². The van der Waals surface area contributed by atoms with Crippen molar-refractivity contribution in [2.75, 3.05) is 5.73 Å². The van der Waals surface area contributed by atoms with E-state index in [2.05, 4.69) is 0 Å². The Morgan fingerprint density at radius 3 is 2.64 bits per heavy atom. The van der Waals surface area contributed by atoms with E-state index < -0.39 is 0 Å². The van der Waals surface area contributed by atoms with Gasteiger partial charge in [-0.15, -0.1) is 0 Å². The van der Waals surface area contributed by atoms with E-state index in [0.29, 0.717) is 22.7 Å². The summed E-state index contributed by atoms with van der Waals surface area (Å²) in [6.45, 7) is 1.92. The molecular weight excluding hydrogens is 221 g/mol. The molecule has 0 fully saturated rings. The van der Waals surface area contributed by atoms with Crippen LogP contribution >= 0.6 is 23.2 Å². The first kappa shape index (κ1) is 11.3. The molecule has 4 heteroatoms. The third-order valence-electron chi connectivity index (χ3n) is 1.88. The smallest absolute Gasteiger partial charge is 0.165 e. The maximum atomic E-state index is 11.6. The summed E-state index contributed by atoms with van der Waals surface area (Å²) in [5.41, 5.74) is 6.31. The van der Waals surface area contributed by atoms with Crippen LogP contribution in [0.3, 0.4) is 0 Å². The first-order valence-corrected chi connectivity index (χ1v) is 5.10. The quantitative estimate of drug-likeness (QED) is 0.639. The molecule has 0 aromatic heterocycles. The maximum Gasteiger partial charge on any atom is 0.165 e. The van der Waals surface area contributed by atoms with Gasteiger partial charge in [0.1, 0.15) is 0 Å². The van der Waals surface area contributed by atoms with Gasteiger partial charge in [0.25, 0.3) is 0 Å². The number of ketones is 1. The Labute approximate surface area is 93.0 Å². The molecule has 1 aromatic rings.